The van der Waals surface area contributed by atoms with Gasteiger partial charge in [0, 0.05) is 4.47 Å². The Kier molecular flexibility index (Phi) is 3.69. The number of rotatable bonds is 2. The average molecular weight is 347 g/mol. The molecule has 21 heavy (non-hydrogen) atoms. The van der Waals surface area contributed by atoms with Crippen LogP contribution in [-0.4, -0.2) is 12.5 Å². The van der Waals surface area contributed by atoms with Crippen molar-refractivity contribution < 1.29 is 9.53 Å². The topological polar surface area (TPSA) is 64.3 Å². The van der Waals surface area contributed by atoms with Crippen molar-refractivity contribution in [3.63, 3.8) is 0 Å². The molecule has 1 atom stereocenters. The second-order valence-corrected chi connectivity index (χ2v) is 5.93. The van der Waals surface area contributed by atoms with E-state index in [1.807, 2.05) is 43.3 Å². The van der Waals surface area contributed by atoms with Crippen LogP contribution in [0.15, 0.2) is 40.9 Å². The Bertz CT molecular complexity index is 715. The van der Waals surface area contributed by atoms with Crippen LogP contribution in [0.5, 0.6) is 5.75 Å². The molecule has 0 saturated heterocycles. The molecule has 1 unspecified atom stereocenters. The Morgan fingerprint density at radius 1 is 1.24 bits per heavy atom. The van der Waals surface area contributed by atoms with Gasteiger partial charge in [-0.15, -0.1) is 0 Å². The van der Waals surface area contributed by atoms with E-state index in [0.29, 0.717) is 11.4 Å². The largest absolute Gasteiger partial charge is 0.482 e. The molecule has 2 aromatic rings. The molecule has 0 aromatic heterocycles. The number of hydrogen-bond donors (Lipinski definition) is 2. The number of aryl methyl sites for hydroxylation is 1. The number of fused-ring (bicyclic) bond motifs is 1. The molecule has 1 heterocycles. The summed E-state index contributed by atoms with van der Waals surface area (Å²) in [7, 11) is 0. The minimum Gasteiger partial charge on any atom is -0.482 e. The van der Waals surface area contributed by atoms with Crippen molar-refractivity contribution in [1.29, 1.82) is 0 Å². The van der Waals surface area contributed by atoms with Gasteiger partial charge in [-0.3, -0.25) is 4.79 Å². The van der Waals surface area contributed by atoms with Crippen molar-refractivity contribution in [2.45, 2.75) is 13.0 Å². The first-order valence-corrected chi connectivity index (χ1v) is 7.42. The fourth-order valence-corrected chi connectivity index (χ4v) is 2.69. The number of anilines is 1. The number of benzene rings is 2. The highest BCUT2D eigenvalue weighted by Gasteiger charge is 2.18. The predicted octanol–water partition coefficient (Wildman–Crippen LogP) is 3.14. The second-order valence-electron chi connectivity index (χ2n) is 5.08. The van der Waals surface area contributed by atoms with Crippen molar-refractivity contribution >= 4 is 27.5 Å². The molecule has 1 aliphatic heterocycles. The molecule has 0 saturated carbocycles. The predicted molar refractivity (Wildman–Crippen MR) is 85.5 cm³/mol. The molecule has 4 nitrogen and oxygen atoms in total. The van der Waals surface area contributed by atoms with Gasteiger partial charge in [0.1, 0.15) is 5.75 Å². The Morgan fingerprint density at radius 2 is 1.95 bits per heavy atom. The molecule has 0 bridgehead atoms. The van der Waals surface area contributed by atoms with Gasteiger partial charge in [0.25, 0.3) is 5.91 Å². The molecule has 0 aliphatic carbocycles. The first-order valence-electron chi connectivity index (χ1n) is 6.63. The lowest BCUT2D eigenvalue weighted by molar-refractivity contribution is -0.118. The second kappa shape index (κ2) is 5.50. The summed E-state index contributed by atoms with van der Waals surface area (Å²) in [5.41, 5.74) is 10.1. The molecule has 3 N–H and O–H groups in total. The summed E-state index contributed by atoms with van der Waals surface area (Å²) in [6, 6.07) is 11.4. The molecule has 5 heteroatoms. The van der Waals surface area contributed by atoms with Crippen molar-refractivity contribution in [1.82, 2.24) is 0 Å². The van der Waals surface area contributed by atoms with Crippen molar-refractivity contribution in [3.05, 3.63) is 57.6 Å². The number of amides is 1. The van der Waals surface area contributed by atoms with Crippen molar-refractivity contribution in [2.75, 3.05) is 11.9 Å². The number of halogens is 1. The number of carbonyl (C=O) groups excluding carboxylic acids is 1. The van der Waals surface area contributed by atoms with Gasteiger partial charge in [-0.1, -0.05) is 34.1 Å². The van der Waals surface area contributed by atoms with E-state index in [1.165, 1.54) is 0 Å². The van der Waals surface area contributed by atoms with Crippen LogP contribution in [0.4, 0.5) is 5.69 Å². The van der Waals surface area contributed by atoms with Gasteiger partial charge in [-0.05, 0) is 41.8 Å². The smallest absolute Gasteiger partial charge is 0.262 e. The summed E-state index contributed by atoms with van der Waals surface area (Å²) in [6.45, 7) is 2.09. The first kappa shape index (κ1) is 14.1. The van der Waals surface area contributed by atoms with Gasteiger partial charge in [0.05, 0.1) is 11.7 Å². The lowest BCUT2D eigenvalue weighted by atomic mass is 9.98. The van der Waals surface area contributed by atoms with E-state index in [0.717, 1.165) is 21.2 Å². The molecule has 2 aromatic carbocycles. The summed E-state index contributed by atoms with van der Waals surface area (Å²) >= 11 is 3.52. The summed E-state index contributed by atoms with van der Waals surface area (Å²) in [5.74, 6) is 0.530. The third-order valence-corrected chi connectivity index (χ3v) is 4.40. The van der Waals surface area contributed by atoms with Crippen molar-refractivity contribution in [2.24, 2.45) is 5.73 Å². The van der Waals surface area contributed by atoms with Crippen LogP contribution >= 0.6 is 15.9 Å². The molecule has 0 spiro atoms. The van der Waals surface area contributed by atoms with Gasteiger partial charge >= 0.3 is 0 Å². The summed E-state index contributed by atoms with van der Waals surface area (Å²) in [6.07, 6.45) is 0. The molecular formula is C16H15BrN2O2. The van der Waals surface area contributed by atoms with E-state index in [1.54, 1.807) is 0 Å². The Morgan fingerprint density at radius 3 is 2.71 bits per heavy atom. The fourth-order valence-electron chi connectivity index (χ4n) is 2.29. The van der Waals surface area contributed by atoms with E-state index >= 15 is 0 Å². The zero-order valence-corrected chi connectivity index (χ0v) is 13.1. The molecule has 3 rings (SSSR count). The van der Waals surface area contributed by atoms with Crippen LogP contribution in [0.3, 0.4) is 0 Å². The van der Waals surface area contributed by atoms with E-state index in [4.69, 9.17) is 10.5 Å². The molecule has 108 valence electrons. The summed E-state index contributed by atoms with van der Waals surface area (Å²) < 4.78 is 6.38. The third-order valence-electron chi connectivity index (χ3n) is 3.55. The highest BCUT2D eigenvalue weighted by molar-refractivity contribution is 9.10. The van der Waals surface area contributed by atoms with Crippen LogP contribution < -0.4 is 15.8 Å². The van der Waals surface area contributed by atoms with Gasteiger partial charge in [0.2, 0.25) is 0 Å². The SMILES string of the molecule is Cc1ccc(C(N)c2ccc3c(c2)NC(=O)CO3)cc1Br. The first-order chi connectivity index (χ1) is 10.0. The maximum absolute atomic E-state index is 11.4. The Labute approximate surface area is 131 Å². The summed E-state index contributed by atoms with van der Waals surface area (Å²) in [4.78, 5) is 11.4. The number of hydrogen-bond acceptors (Lipinski definition) is 3. The molecular weight excluding hydrogens is 332 g/mol. The van der Waals surface area contributed by atoms with Crippen LogP contribution in [0, 0.1) is 6.92 Å². The van der Waals surface area contributed by atoms with Crippen LogP contribution in [0.2, 0.25) is 0 Å². The molecule has 1 aliphatic rings. The van der Waals surface area contributed by atoms with Gasteiger partial charge in [-0.2, -0.15) is 0 Å². The Balaban J connectivity index is 1.94. The normalized spacial score (nSPS) is 14.9. The van der Waals surface area contributed by atoms with E-state index in [2.05, 4.69) is 21.2 Å². The number of nitrogens with two attached hydrogens (primary N) is 1. The number of nitrogens with one attached hydrogen (secondary N) is 1. The lowest BCUT2D eigenvalue weighted by Crippen LogP contribution is -2.25. The fraction of sp³-hybridized carbons (Fsp3) is 0.188. The standard InChI is InChI=1S/C16H15BrN2O2/c1-9-2-3-10(6-12(9)17)16(18)11-4-5-14-13(7-11)19-15(20)8-21-14/h2-7,16H,8,18H2,1H3,(H,19,20). The molecule has 1 amide bonds. The monoisotopic (exact) mass is 346 g/mol. The van der Waals surface area contributed by atoms with Crippen LogP contribution in [0.25, 0.3) is 0 Å². The maximum Gasteiger partial charge on any atom is 0.262 e. The van der Waals surface area contributed by atoms with Crippen LogP contribution in [0.1, 0.15) is 22.7 Å². The van der Waals surface area contributed by atoms with Crippen molar-refractivity contribution in [3.8, 4) is 5.75 Å². The van der Waals surface area contributed by atoms with Crippen LogP contribution in [-0.2, 0) is 4.79 Å². The van der Waals surface area contributed by atoms with E-state index in [-0.39, 0.29) is 18.6 Å². The van der Waals surface area contributed by atoms with Gasteiger partial charge < -0.3 is 15.8 Å². The number of carbonyl (C=O) groups is 1. The zero-order valence-electron chi connectivity index (χ0n) is 11.5. The average Bonchev–Trinajstić information content (AvgIpc) is 2.48. The van der Waals surface area contributed by atoms with E-state index < -0.39 is 0 Å². The molecule has 0 fully saturated rings. The lowest BCUT2D eigenvalue weighted by Gasteiger charge is -2.20. The third kappa shape index (κ3) is 2.80. The van der Waals surface area contributed by atoms with E-state index in [9.17, 15) is 4.79 Å². The zero-order chi connectivity index (χ0) is 15.0. The van der Waals surface area contributed by atoms with Gasteiger partial charge in [0.15, 0.2) is 6.61 Å². The molecule has 0 radical (unpaired) electrons. The number of ether oxygens (including phenoxy) is 1. The highest BCUT2D eigenvalue weighted by Crippen LogP contribution is 2.32. The quantitative estimate of drug-likeness (QED) is 0.877. The minimum absolute atomic E-state index is 0.0588. The Hall–Kier alpha value is -1.85. The van der Waals surface area contributed by atoms with Gasteiger partial charge in [-0.25, -0.2) is 0 Å². The minimum atomic E-state index is -0.258. The summed E-state index contributed by atoms with van der Waals surface area (Å²) in [5, 5.41) is 2.80. The maximum atomic E-state index is 11.4. The highest BCUT2D eigenvalue weighted by atomic mass is 79.9.